The Kier molecular flexibility index (Phi) is 4.44. The molecule has 3 aliphatic rings. The van der Waals surface area contributed by atoms with Gasteiger partial charge in [0.15, 0.2) is 5.11 Å². The van der Waals surface area contributed by atoms with Crippen molar-refractivity contribution in [3.05, 3.63) is 0 Å². The van der Waals surface area contributed by atoms with Gasteiger partial charge in [0.05, 0.1) is 0 Å². The third-order valence-corrected chi connectivity index (χ3v) is 5.56. The molecule has 3 atom stereocenters. The van der Waals surface area contributed by atoms with E-state index in [2.05, 4.69) is 16.2 Å². The number of thiocarbonyl (C=S) groups is 1. The van der Waals surface area contributed by atoms with Gasteiger partial charge in [-0.05, 0) is 62.1 Å². The Morgan fingerprint density at radius 3 is 2.50 bits per heavy atom. The third kappa shape index (κ3) is 3.43. The van der Waals surface area contributed by atoms with Crippen molar-refractivity contribution in [1.29, 1.82) is 0 Å². The zero-order chi connectivity index (χ0) is 13.9. The van der Waals surface area contributed by atoms with Gasteiger partial charge in [-0.15, -0.1) is 0 Å². The third-order valence-electron chi connectivity index (χ3n) is 5.34. The maximum Gasteiger partial charge on any atom is 0.238 e. The SMILES string of the molecule is O=C(C[C@@H]1C[C@@H]2CC[C@H]1C2)NNC(=S)NC1CCCC1. The lowest BCUT2D eigenvalue weighted by molar-refractivity contribution is -0.122. The summed E-state index contributed by atoms with van der Waals surface area (Å²) in [5.74, 6) is 2.38. The van der Waals surface area contributed by atoms with Crippen molar-refractivity contribution in [1.82, 2.24) is 16.2 Å². The summed E-state index contributed by atoms with van der Waals surface area (Å²) < 4.78 is 0. The highest BCUT2D eigenvalue weighted by Gasteiger charge is 2.40. The van der Waals surface area contributed by atoms with Crippen LogP contribution >= 0.6 is 12.2 Å². The molecule has 20 heavy (non-hydrogen) atoms. The molecule has 0 radical (unpaired) electrons. The molecule has 1 amide bonds. The van der Waals surface area contributed by atoms with Crippen molar-refractivity contribution < 1.29 is 4.79 Å². The molecule has 0 aromatic heterocycles. The molecule has 2 bridgehead atoms. The first kappa shape index (κ1) is 14.1. The lowest BCUT2D eigenvalue weighted by Crippen LogP contribution is -2.49. The summed E-state index contributed by atoms with van der Waals surface area (Å²) in [6.07, 6.45) is 10.9. The molecule has 0 heterocycles. The summed E-state index contributed by atoms with van der Waals surface area (Å²) in [4.78, 5) is 12.0. The molecule has 3 fully saturated rings. The molecule has 4 nitrogen and oxygen atoms in total. The van der Waals surface area contributed by atoms with E-state index >= 15 is 0 Å². The molecule has 5 heteroatoms. The second-order valence-corrected chi connectivity index (χ2v) is 7.18. The lowest BCUT2D eigenvalue weighted by atomic mass is 9.86. The van der Waals surface area contributed by atoms with Crippen LogP contribution in [0.3, 0.4) is 0 Å². The van der Waals surface area contributed by atoms with Crippen molar-refractivity contribution in [3.63, 3.8) is 0 Å². The molecule has 3 aliphatic carbocycles. The number of fused-ring (bicyclic) bond motifs is 2. The van der Waals surface area contributed by atoms with Gasteiger partial charge in [0, 0.05) is 12.5 Å². The zero-order valence-corrected chi connectivity index (χ0v) is 12.8. The van der Waals surface area contributed by atoms with Gasteiger partial charge < -0.3 is 5.32 Å². The summed E-state index contributed by atoms with van der Waals surface area (Å²) in [6, 6.07) is 0.484. The van der Waals surface area contributed by atoms with E-state index in [4.69, 9.17) is 12.2 Å². The number of carbonyl (C=O) groups excluding carboxylic acids is 1. The second kappa shape index (κ2) is 6.29. The molecule has 3 N–H and O–H groups in total. The van der Waals surface area contributed by atoms with E-state index in [0.29, 0.717) is 23.5 Å². The van der Waals surface area contributed by atoms with Gasteiger partial charge in [0.25, 0.3) is 0 Å². The van der Waals surface area contributed by atoms with Gasteiger partial charge in [-0.3, -0.25) is 15.6 Å². The Bertz CT molecular complexity index is 381. The summed E-state index contributed by atoms with van der Waals surface area (Å²) >= 11 is 5.21. The van der Waals surface area contributed by atoms with E-state index in [1.807, 2.05) is 0 Å². The molecular weight excluding hydrogens is 270 g/mol. The smallest absolute Gasteiger partial charge is 0.238 e. The van der Waals surface area contributed by atoms with E-state index < -0.39 is 0 Å². The monoisotopic (exact) mass is 295 g/mol. The predicted octanol–water partition coefficient (Wildman–Crippen LogP) is 2.25. The van der Waals surface area contributed by atoms with E-state index in [1.165, 1.54) is 51.4 Å². The fourth-order valence-electron chi connectivity index (χ4n) is 4.33. The van der Waals surface area contributed by atoms with Crippen molar-refractivity contribution in [2.45, 2.75) is 63.8 Å². The average Bonchev–Trinajstić information content (AvgIpc) is 3.13. The van der Waals surface area contributed by atoms with Gasteiger partial charge in [0.2, 0.25) is 5.91 Å². The van der Waals surface area contributed by atoms with Crippen LogP contribution in [0.25, 0.3) is 0 Å². The summed E-state index contributed by atoms with van der Waals surface area (Å²) in [6.45, 7) is 0. The number of hydrogen-bond donors (Lipinski definition) is 3. The topological polar surface area (TPSA) is 53.2 Å². The van der Waals surface area contributed by atoms with Gasteiger partial charge in [-0.25, -0.2) is 0 Å². The van der Waals surface area contributed by atoms with Crippen LogP contribution in [0.15, 0.2) is 0 Å². The molecular formula is C15H25N3OS. The lowest BCUT2D eigenvalue weighted by Gasteiger charge is -2.21. The first-order valence-corrected chi connectivity index (χ1v) is 8.47. The van der Waals surface area contributed by atoms with Crippen molar-refractivity contribution >= 4 is 23.2 Å². The molecule has 0 aromatic rings. The molecule has 3 saturated carbocycles. The normalized spacial score (nSPS) is 32.3. The molecule has 0 unspecified atom stereocenters. The number of hydrogen-bond acceptors (Lipinski definition) is 2. The first-order valence-electron chi connectivity index (χ1n) is 8.06. The average molecular weight is 295 g/mol. The van der Waals surface area contributed by atoms with Gasteiger partial charge >= 0.3 is 0 Å². The molecule has 0 aromatic carbocycles. The Morgan fingerprint density at radius 1 is 1.05 bits per heavy atom. The van der Waals surface area contributed by atoms with E-state index in [-0.39, 0.29) is 5.91 Å². The van der Waals surface area contributed by atoms with Gasteiger partial charge in [0.1, 0.15) is 0 Å². The highest BCUT2D eigenvalue weighted by molar-refractivity contribution is 7.80. The molecule has 3 rings (SSSR count). The number of carbonyl (C=O) groups is 1. The van der Waals surface area contributed by atoms with Crippen LogP contribution in [0.5, 0.6) is 0 Å². The van der Waals surface area contributed by atoms with Crippen LogP contribution in [-0.4, -0.2) is 17.1 Å². The predicted molar refractivity (Wildman–Crippen MR) is 82.8 cm³/mol. The van der Waals surface area contributed by atoms with E-state index in [1.54, 1.807) is 0 Å². The minimum atomic E-state index is 0.0816. The number of nitrogens with one attached hydrogen (secondary N) is 3. The summed E-state index contributed by atoms with van der Waals surface area (Å²) in [5.41, 5.74) is 5.60. The van der Waals surface area contributed by atoms with Crippen molar-refractivity contribution in [3.8, 4) is 0 Å². The Morgan fingerprint density at radius 2 is 1.85 bits per heavy atom. The Balaban J connectivity index is 1.33. The van der Waals surface area contributed by atoms with E-state index in [0.717, 1.165) is 11.8 Å². The highest BCUT2D eigenvalue weighted by Crippen LogP contribution is 2.49. The molecule has 0 saturated heterocycles. The Labute approximate surface area is 126 Å². The fourth-order valence-corrected chi connectivity index (χ4v) is 4.55. The first-order chi connectivity index (χ1) is 9.70. The summed E-state index contributed by atoms with van der Waals surface area (Å²) in [5, 5.41) is 3.81. The summed E-state index contributed by atoms with van der Waals surface area (Å²) in [7, 11) is 0. The van der Waals surface area contributed by atoms with Crippen LogP contribution in [0.4, 0.5) is 0 Å². The van der Waals surface area contributed by atoms with Crippen molar-refractivity contribution in [2.24, 2.45) is 17.8 Å². The zero-order valence-electron chi connectivity index (χ0n) is 12.0. The van der Waals surface area contributed by atoms with Crippen LogP contribution in [0.1, 0.15) is 57.8 Å². The maximum absolute atomic E-state index is 12.0. The maximum atomic E-state index is 12.0. The van der Waals surface area contributed by atoms with Gasteiger partial charge in [-0.1, -0.05) is 19.3 Å². The minimum absolute atomic E-state index is 0.0816. The highest BCUT2D eigenvalue weighted by atomic mass is 32.1. The van der Waals surface area contributed by atoms with Crippen molar-refractivity contribution in [2.75, 3.05) is 0 Å². The molecule has 112 valence electrons. The van der Waals surface area contributed by atoms with Crippen LogP contribution in [0.2, 0.25) is 0 Å². The quantitative estimate of drug-likeness (QED) is 0.552. The fraction of sp³-hybridized carbons (Fsp3) is 0.867. The van der Waals surface area contributed by atoms with Crippen LogP contribution < -0.4 is 16.2 Å². The Hall–Kier alpha value is -0.840. The number of rotatable bonds is 3. The largest absolute Gasteiger partial charge is 0.359 e. The van der Waals surface area contributed by atoms with Crippen LogP contribution in [0, 0.1) is 17.8 Å². The van der Waals surface area contributed by atoms with Crippen LogP contribution in [-0.2, 0) is 4.79 Å². The number of amides is 1. The number of hydrazine groups is 1. The minimum Gasteiger partial charge on any atom is -0.359 e. The molecule has 0 spiro atoms. The molecule has 0 aliphatic heterocycles. The van der Waals surface area contributed by atoms with Gasteiger partial charge in [-0.2, -0.15) is 0 Å². The standard InChI is InChI=1S/C15H25N3OS/c19-14(9-12-8-10-5-6-11(12)7-10)17-18-15(20)16-13-3-1-2-4-13/h10-13H,1-9H2,(H,17,19)(H2,16,18,20)/t10-,11+,12+/m1/s1. The van der Waals surface area contributed by atoms with E-state index in [9.17, 15) is 4.79 Å². The second-order valence-electron chi connectivity index (χ2n) is 6.77.